The fourth-order valence-corrected chi connectivity index (χ4v) is 3.11. The SMILES string of the molecule is CCC1=CC(N2CCN(CCC(C)C)CC2)CC1. The van der Waals surface area contributed by atoms with Crippen LogP contribution in [-0.2, 0) is 0 Å². The zero-order valence-corrected chi connectivity index (χ0v) is 12.5. The van der Waals surface area contributed by atoms with Crippen molar-refractivity contribution in [3.05, 3.63) is 11.6 Å². The van der Waals surface area contributed by atoms with E-state index >= 15 is 0 Å². The van der Waals surface area contributed by atoms with Crippen molar-refractivity contribution < 1.29 is 0 Å². The van der Waals surface area contributed by atoms with E-state index in [2.05, 4.69) is 36.6 Å². The van der Waals surface area contributed by atoms with Gasteiger partial charge < -0.3 is 4.90 Å². The quantitative estimate of drug-likeness (QED) is 0.692. The van der Waals surface area contributed by atoms with Crippen LogP contribution in [0.25, 0.3) is 0 Å². The maximum absolute atomic E-state index is 2.70. The Morgan fingerprint density at radius 1 is 1.22 bits per heavy atom. The Kier molecular flexibility index (Phi) is 5.25. The van der Waals surface area contributed by atoms with E-state index in [1.165, 1.54) is 58.4 Å². The maximum Gasteiger partial charge on any atom is 0.0284 e. The lowest BCUT2D eigenvalue weighted by atomic mass is 10.1. The molecule has 1 atom stereocenters. The van der Waals surface area contributed by atoms with Crippen LogP contribution in [0, 0.1) is 5.92 Å². The predicted molar refractivity (Wildman–Crippen MR) is 78.9 cm³/mol. The van der Waals surface area contributed by atoms with Gasteiger partial charge in [0.15, 0.2) is 0 Å². The molecule has 1 fully saturated rings. The molecule has 2 aliphatic rings. The summed E-state index contributed by atoms with van der Waals surface area (Å²) in [6.45, 7) is 13.3. The lowest BCUT2D eigenvalue weighted by Crippen LogP contribution is -2.49. The van der Waals surface area contributed by atoms with Gasteiger partial charge in [0.05, 0.1) is 0 Å². The fourth-order valence-electron chi connectivity index (χ4n) is 3.11. The highest BCUT2D eigenvalue weighted by molar-refractivity contribution is 5.14. The minimum atomic E-state index is 0.757. The molecule has 2 nitrogen and oxygen atoms in total. The van der Waals surface area contributed by atoms with Crippen molar-refractivity contribution >= 4 is 0 Å². The minimum absolute atomic E-state index is 0.757. The number of allylic oxidation sites excluding steroid dienone is 1. The van der Waals surface area contributed by atoms with Gasteiger partial charge in [0, 0.05) is 32.2 Å². The average molecular weight is 250 g/mol. The van der Waals surface area contributed by atoms with E-state index < -0.39 is 0 Å². The average Bonchev–Trinajstić information content (AvgIpc) is 2.85. The molecular formula is C16H30N2. The number of hydrogen-bond acceptors (Lipinski definition) is 2. The van der Waals surface area contributed by atoms with Gasteiger partial charge in [0.1, 0.15) is 0 Å². The summed E-state index contributed by atoms with van der Waals surface area (Å²) in [4.78, 5) is 5.35. The Bertz CT molecular complexity index is 275. The van der Waals surface area contributed by atoms with Crippen LogP contribution >= 0.6 is 0 Å². The summed E-state index contributed by atoms with van der Waals surface area (Å²) in [6.07, 6.45) is 7.86. The smallest absolute Gasteiger partial charge is 0.0284 e. The van der Waals surface area contributed by atoms with Crippen LogP contribution in [0.3, 0.4) is 0 Å². The molecular weight excluding hydrogens is 220 g/mol. The molecule has 0 bridgehead atoms. The molecule has 0 N–H and O–H groups in total. The Labute approximate surface area is 113 Å². The van der Waals surface area contributed by atoms with Crippen molar-refractivity contribution in [2.45, 2.75) is 52.5 Å². The third kappa shape index (κ3) is 3.83. The third-order valence-electron chi connectivity index (χ3n) is 4.54. The Morgan fingerprint density at radius 3 is 2.50 bits per heavy atom. The summed E-state index contributed by atoms with van der Waals surface area (Å²) in [7, 11) is 0. The number of nitrogens with zero attached hydrogens (tertiary/aromatic N) is 2. The van der Waals surface area contributed by atoms with Gasteiger partial charge in [0.25, 0.3) is 0 Å². The zero-order valence-electron chi connectivity index (χ0n) is 12.5. The van der Waals surface area contributed by atoms with Gasteiger partial charge in [-0.1, -0.05) is 32.4 Å². The molecule has 2 heteroatoms. The Morgan fingerprint density at radius 2 is 1.94 bits per heavy atom. The lowest BCUT2D eigenvalue weighted by molar-refractivity contribution is 0.108. The highest BCUT2D eigenvalue weighted by atomic mass is 15.3. The van der Waals surface area contributed by atoms with E-state index in [4.69, 9.17) is 0 Å². The van der Waals surface area contributed by atoms with Crippen LogP contribution in [0.15, 0.2) is 11.6 Å². The molecule has 1 heterocycles. The second kappa shape index (κ2) is 6.72. The molecule has 1 aliphatic carbocycles. The zero-order chi connectivity index (χ0) is 13.0. The molecule has 1 aliphatic heterocycles. The predicted octanol–water partition coefficient (Wildman–Crippen LogP) is 3.15. The van der Waals surface area contributed by atoms with Gasteiger partial charge in [-0.05, 0) is 38.1 Å². The standard InChI is InChI=1S/C16H30N2/c1-4-15-5-6-16(13-15)18-11-9-17(10-12-18)8-7-14(2)3/h13-14,16H,4-12H2,1-3H3. The summed E-state index contributed by atoms with van der Waals surface area (Å²) in [5.41, 5.74) is 1.68. The Hall–Kier alpha value is -0.340. The molecule has 1 saturated heterocycles. The minimum Gasteiger partial charge on any atom is -0.301 e. The normalized spacial score (nSPS) is 26.9. The van der Waals surface area contributed by atoms with Gasteiger partial charge >= 0.3 is 0 Å². The molecule has 0 amide bonds. The van der Waals surface area contributed by atoms with E-state index in [0.29, 0.717) is 0 Å². The Balaban J connectivity index is 1.72. The first-order chi connectivity index (χ1) is 8.69. The molecule has 18 heavy (non-hydrogen) atoms. The lowest BCUT2D eigenvalue weighted by Gasteiger charge is -2.37. The van der Waals surface area contributed by atoms with Gasteiger partial charge in [0.2, 0.25) is 0 Å². The van der Waals surface area contributed by atoms with Crippen molar-refractivity contribution in [3.63, 3.8) is 0 Å². The monoisotopic (exact) mass is 250 g/mol. The number of hydrogen-bond donors (Lipinski definition) is 0. The van der Waals surface area contributed by atoms with Crippen molar-refractivity contribution in [2.24, 2.45) is 5.92 Å². The molecule has 0 aromatic rings. The maximum atomic E-state index is 2.70. The van der Waals surface area contributed by atoms with Crippen LogP contribution < -0.4 is 0 Å². The van der Waals surface area contributed by atoms with Crippen LogP contribution in [0.1, 0.15) is 46.5 Å². The summed E-state index contributed by atoms with van der Waals surface area (Å²) in [5, 5.41) is 0. The van der Waals surface area contributed by atoms with Gasteiger partial charge in [-0.2, -0.15) is 0 Å². The van der Waals surface area contributed by atoms with Crippen LogP contribution in [0.2, 0.25) is 0 Å². The third-order valence-corrected chi connectivity index (χ3v) is 4.54. The fraction of sp³-hybridized carbons (Fsp3) is 0.875. The first kappa shape index (κ1) is 14.1. The summed E-state index contributed by atoms with van der Waals surface area (Å²) >= 11 is 0. The first-order valence-electron chi connectivity index (χ1n) is 7.85. The van der Waals surface area contributed by atoms with Crippen molar-refractivity contribution in [1.29, 1.82) is 0 Å². The topological polar surface area (TPSA) is 6.48 Å². The van der Waals surface area contributed by atoms with E-state index in [1.807, 2.05) is 0 Å². The molecule has 0 saturated carbocycles. The molecule has 0 radical (unpaired) electrons. The van der Waals surface area contributed by atoms with E-state index in [-0.39, 0.29) is 0 Å². The highest BCUT2D eigenvalue weighted by Crippen LogP contribution is 2.25. The van der Waals surface area contributed by atoms with Gasteiger partial charge in [-0.25, -0.2) is 0 Å². The second-order valence-electron chi connectivity index (χ2n) is 6.34. The second-order valence-corrected chi connectivity index (χ2v) is 6.34. The van der Waals surface area contributed by atoms with Gasteiger partial charge in [-0.15, -0.1) is 0 Å². The number of rotatable bonds is 5. The molecule has 0 spiro atoms. The van der Waals surface area contributed by atoms with Crippen molar-refractivity contribution in [2.75, 3.05) is 32.7 Å². The molecule has 0 aromatic heterocycles. The molecule has 2 rings (SSSR count). The van der Waals surface area contributed by atoms with Crippen LogP contribution in [0.4, 0.5) is 0 Å². The van der Waals surface area contributed by atoms with Crippen molar-refractivity contribution in [3.8, 4) is 0 Å². The highest BCUT2D eigenvalue weighted by Gasteiger charge is 2.25. The molecule has 0 aromatic carbocycles. The van der Waals surface area contributed by atoms with Crippen LogP contribution in [-0.4, -0.2) is 48.6 Å². The van der Waals surface area contributed by atoms with Gasteiger partial charge in [-0.3, -0.25) is 4.90 Å². The van der Waals surface area contributed by atoms with E-state index in [0.717, 1.165) is 12.0 Å². The number of piperazine rings is 1. The summed E-state index contributed by atoms with van der Waals surface area (Å²) in [6, 6.07) is 0.757. The summed E-state index contributed by atoms with van der Waals surface area (Å²) < 4.78 is 0. The van der Waals surface area contributed by atoms with E-state index in [1.54, 1.807) is 5.57 Å². The van der Waals surface area contributed by atoms with Crippen LogP contribution in [0.5, 0.6) is 0 Å². The van der Waals surface area contributed by atoms with Crippen molar-refractivity contribution in [1.82, 2.24) is 9.80 Å². The summed E-state index contributed by atoms with van der Waals surface area (Å²) in [5.74, 6) is 0.841. The largest absolute Gasteiger partial charge is 0.301 e. The first-order valence-corrected chi connectivity index (χ1v) is 7.85. The molecule has 1 unspecified atom stereocenters. The molecule has 104 valence electrons. The van der Waals surface area contributed by atoms with E-state index in [9.17, 15) is 0 Å².